The lowest BCUT2D eigenvalue weighted by atomic mass is 10.1. The summed E-state index contributed by atoms with van der Waals surface area (Å²) in [5.74, 6) is 1.93. The molecule has 0 aliphatic carbocycles. The zero-order valence-electron chi connectivity index (χ0n) is 11.2. The number of halogens is 1. The number of imidazole rings is 1. The topological polar surface area (TPSA) is 27.1 Å². The number of ether oxygens (including phenoxy) is 1. The van der Waals surface area contributed by atoms with Crippen LogP contribution in [0.5, 0.6) is 5.75 Å². The van der Waals surface area contributed by atoms with E-state index in [1.807, 2.05) is 36.1 Å². The number of hydrogen-bond acceptors (Lipinski definition) is 2. The average Bonchev–Trinajstić information content (AvgIpc) is 2.85. The van der Waals surface area contributed by atoms with Crippen molar-refractivity contribution < 1.29 is 4.74 Å². The molecular weight excluding hydrogens is 316 g/mol. The largest absolute Gasteiger partial charge is 0.493 e. The minimum atomic E-state index is 0.632. The molecule has 0 saturated carbocycles. The van der Waals surface area contributed by atoms with Crippen molar-refractivity contribution in [2.24, 2.45) is 7.05 Å². The third kappa shape index (κ3) is 2.85. The van der Waals surface area contributed by atoms with Crippen molar-refractivity contribution in [2.45, 2.75) is 6.42 Å². The molecule has 0 saturated heterocycles. The van der Waals surface area contributed by atoms with E-state index in [4.69, 9.17) is 4.74 Å². The van der Waals surface area contributed by atoms with E-state index in [1.165, 1.54) is 10.8 Å². The van der Waals surface area contributed by atoms with Gasteiger partial charge in [0.2, 0.25) is 0 Å². The van der Waals surface area contributed by atoms with Crippen LogP contribution in [-0.4, -0.2) is 16.2 Å². The Hall–Kier alpha value is -1.81. The van der Waals surface area contributed by atoms with E-state index < -0.39 is 0 Å². The van der Waals surface area contributed by atoms with Gasteiger partial charge in [0.15, 0.2) is 0 Å². The predicted molar refractivity (Wildman–Crippen MR) is 84.1 cm³/mol. The van der Waals surface area contributed by atoms with Gasteiger partial charge in [-0.1, -0.05) is 28.1 Å². The second-order valence-electron chi connectivity index (χ2n) is 4.71. The molecule has 0 aliphatic rings. The van der Waals surface area contributed by atoms with Gasteiger partial charge in [-0.3, -0.25) is 0 Å². The molecular formula is C16H15BrN2O. The van der Waals surface area contributed by atoms with Crippen molar-refractivity contribution in [1.29, 1.82) is 0 Å². The van der Waals surface area contributed by atoms with Crippen LogP contribution in [0.4, 0.5) is 0 Å². The smallest absolute Gasteiger partial charge is 0.119 e. The van der Waals surface area contributed by atoms with Gasteiger partial charge in [-0.2, -0.15) is 0 Å². The van der Waals surface area contributed by atoms with E-state index in [-0.39, 0.29) is 0 Å². The predicted octanol–water partition coefficient (Wildman–Crippen LogP) is 3.96. The molecule has 3 nitrogen and oxygen atoms in total. The minimum absolute atomic E-state index is 0.632. The van der Waals surface area contributed by atoms with Crippen molar-refractivity contribution in [2.75, 3.05) is 6.61 Å². The Balaban J connectivity index is 1.68. The molecule has 3 rings (SSSR count). The van der Waals surface area contributed by atoms with Crippen molar-refractivity contribution in [3.8, 4) is 5.75 Å². The summed E-state index contributed by atoms with van der Waals surface area (Å²) in [4.78, 5) is 4.28. The van der Waals surface area contributed by atoms with Crippen molar-refractivity contribution in [3.05, 3.63) is 59.1 Å². The van der Waals surface area contributed by atoms with Crippen LogP contribution in [0.3, 0.4) is 0 Å². The van der Waals surface area contributed by atoms with E-state index in [0.717, 1.165) is 22.5 Å². The van der Waals surface area contributed by atoms with Crippen LogP contribution in [0, 0.1) is 0 Å². The molecule has 0 amide bonds. The highest BCUT2D eigenvalue weighted by Crippen LogP contribution is 2.24. The molecule has 0 unspecified atom stereocenters. The van der Waals surface area contributed by atoms with E-state index in [2.05, 4.69) is 45.2 Å². The van der Waals surface area contributed by atoms with Crippen LogP contribution in [0.15, 0.2) is 53.3 Å². The Morgan fingerprint density at radius 1 is 1.15 bits per heavy atom. The summed E-state index contributed by atoms with van der Waals surface area (Å²) in [5.41, 5.74) is 0. The fourth-order valence-electron chi connectivity index (χ4n) is 2.18. The SMILES string of the molecule is Cn1ccnc1CCOc1ccc2cc(Br)ccc2c1. The molecule has 1 aromatic heterocycles. The quantitative estimate of drug-likeness (QED) is 0.724. The molecule has 0 atom stereocenters. The van der Waals surface area contributed by atoms with Gasteiger partial charge in [0.25, 0.3) is 0 Å². The average molecular weight is 331 g/mol. The number of fused-ring (bicyclic) bond motifs is 1. The first-order valence-corrected chi connectivity index (χ1v) is 7.30. The number of nitrogens with zero attached hydrogens (tertiary/aromatic N) is 2. The van der Waals surface area contributed by atoms with Crippen LogP contribution >= 0.6 is 15.9 Å². The molecule has 1 heterocycles. The lowest BCUT2D eigenvalue weighted by Crippen LogP contribution is -2.06. The van der Waals surface area contributed by atoms with Crippen LogP contribution in [0.25, 0.3) is 10.8 Å². The van der Waals surface area contributed by atoms with Crippen LogP contribution in [0.2, 0.25) is 0 Å². The summed E-state index contributed by atoms with van der Waals surface area (Å²) in [7, 11) is 2.00. The Kier molecular flexibility index (Phi) is 3.74. The molecule has 20 heavy (non-hydrogen) atoms. The molecule has 2 aromatic carbocycles. The molecule has 0 radical (unpaired) electrons. The maximum atomic E-state index is 5.81. The Morgan fingerprint density at radius 2 is 1.95 bits per heavy atom. The first kappa shape index (κ1) is 13.2. The van der Waals surface area contributed by atoms with E-state index in [0.29, 0.717) is 6.61 Å². The summed E-state index contributed by atoms with van der Waals surface area (Å²) < 4.78 is 8.91. The molecule has 0 aliphatic heterocycles. The van der Waals surface area contributed by atoms with Crippen molar-refractivity contribution in [1.82, 2.24) is 9.55 Å². The highest BCUT2D eigenvalue weighted by atomic mass is 79.9. The van der Waals surface area contributed by atoms with Crippen molar-refractivity contribution >= 4 is 26.7 Å². The summed E-state index contributed by atoms with van der Waals surface area (Å²) >= 11 is 3.48. The van der Waals surface area contributed by atoms with Crippen LogP contribution in [-0.2, 0) is 13.5 Å². The number of benzene rings is 2. The molecule has 3 aromatic rings. The number of rotatable bonds is 4. The zero-order chi connectivity index (χ0) is 13.9. The van der Waals surface area contributed by atoms with E-state index in [9.17, 15) is 0 Å². The van der Waals surface area contributed by atoms with Gasteiger partial charge in [0.05, 0.1) is 6.61 Å². The number of aromatic nitrogens is 2. The fourth-order valence-corrected chi connectivity index (χ4v) is 2.56. The number of aryl methyl sites for hydroxylation is 1. The third-order valence-electron chi connectivity index (χ3n) is 3.29. The Bertz CT molecular complexity index is 736. The van der Waals surface area contributed by atoms with Gasteiger partial charge in [-0.25, -0.2) is 4.98 Å². The second-order valence-corrected chi connectivity index (χ2v) is 5.62. The third-order valence-corrected chi connectivity index (χ3v) is 3.78. The Morgan fingerprint density at radius 3 is 2.75 bits per heavy atom. The molecule has 0 bridgehead atoms. The highest BCUT2D eigenvalue weighted by molar-refractivity contribution is 9.10. The molecule has 4 heteroatoms. The van der Waals surface area contributed by atoms with Gasteiger partial charge in [-0.05, 0) is 35.0 Å². The fraction of sp³-hybridized carbons (Fsp3) is 0.188. The highest BCUT2D eigenvalue weighted by Gasteiger charge is 2.01. The van der Waals surface area contributed by atoms with Gasteiger partial charge in [0.1, 0.15) is 11.6 Å². The van der Waals surface area contributed by atoms with E-state index in [1.54, 1.807) is 0 Å². The number of hydrogen-bond donors (Lipinski definition) is 0. The summed E-state index contributed by atoms with van der Waals surface area (Å²) in [5, 5.41) is 2.39. The van der Waals surface area contributed by atoms with Crippen LogP contribution in [0.1, 0.15) is 5.82 Å². The normalized spacial score (nSPS) is 10.9. The minimum Gasteiger partial charge on any atom is -0.493 e. The monoisotopic (exact) mass is 330 g/mol. The van der Waals surface area contributed by atoms with Crippen molar-refractivity contribution in [3.63, 3.8) is 0 Å². The van der Waals surface area contributed by atoms with Gasteiger partial charge < -0.3 is 9.30 Å². The van der Waals surface area contributed by atoms with Gasteiger partial charge >= 0.3 is 0 Å². The summed E-state index contributed by atoms with van der Waals surface area (Å²) in [6, 6.07) is 12.4. The van der Waals surface area contributed by atoms with E-state index >= 15 is 0 Å². The first-order valence-electron chi connectivity index (χ1n) is 6.51. The molecule has 102 valence electrons. The molecule has 0 spiro atoms. The standard InChI is InChI=1S/C16H15BrN2O/c1-19-8-7-18-16(19)6-9-20-15-5-3-12-10-14(17)4-2-13(12)11-15/h2-5,7-8,10-11H,6,9H2,1H3. The summed E-state index contributed by atoms with van der Waals surface area (Å²) in [6.45, 7) is 0.632. The summed E-state index contributed by atoms with van der Waals surface area (Å²) in [6.07, 6.45) is 4.56. The zero-order valence-corrected chi connectivity index (χ0v) is 12.8. The Labute approximate surface area is 126 Å². The lowest BCUT2D eigenvalue weighted by Gasteiger charge is -2.07. The second kappa shape index (κ2) is 5.67. The maximum absolute atomic E-state index is 5.81. The first-order chi connectivity index (χ1) is 9.72. The lowest BCUT2D eigenvalue weighted by molar-refractivity contribution is 0.318. The van der Waals surface area contributed by atoms with Crippen LogP contribution < -0.4 is 4.74 Å². The molecule has 0 N–H and O–H groups in total. The maximum Gasteiger partial charge on any atom is 0.119 e. The van der Waals surface area contributed by atoms with Gasteiger partial charge in [-0.15, -0.1) is 0 Å². The van der Waals surface area contributed by atoms with Gasteiger partial charge in [0, 0.05) is 30.3 Å². The molecule has 0 fully saturated rings.